The molecule has 1 N–H and O–H groups in total. The number of nitriles is 1. The van der Waals surface area contributed by atoms with Crippen molar-refractivity contribution in [2.24, 2.45) is 5.92 Å². The lowest BCUT2D eigenvalue weighted by Gasteiger charge is -2.22. The fraction of sp³-hybridized carbons (Fsp3) is 0.400. The van der Waals surface area contributed by atoms with Crippen LogP contribution < -0.4 is 0 Å². The number of likely N-dealkylation sites (tertiary alicyclic amines) is 1. The molecule has 0 amide bonds. The molecular weight excluding hydrogens is 224 g/mol. The molecule has 1 aliphatic heterocycles. The van der Waals surface area contributed by atoms with Crippen LogP contribution in [0.4, 0.5) is 0 Å². The van der Waals surface area contributed by atoms with E-state index in [-0.39, 0.29) is 6.10 Å². The van der Waals surface area contributed by atoms with Crippen molar-refractivity contribution in [1.29, 1.82) is 5.26 Å². The van der Waals surface area contributed by atoms with Gasteiger partial charge in [-0.1, -0.05) is 30.3 Å². The second-order valence-electron chi connectivity index (χ2n) is 4.76. The molecule has 0 saturated carbocycles. The van der Waals surface area contributed by atoms with Crippen LogP contribution in [0.5, 0.6) is 0 Å². The van der Waals surface area contributed by atoms with Gasteiger partial charge in [0.15, 0.2) is 0 Å². The van der Waals surface area contributed by atoms with Crippen LogP contribution in [0.1, 0.15) is 18.9 Å². The zero-order valence-corrected chi connectivity index (χ0v) is 10.6. The summed E-state index contributed by atoms with van der Waals surface area (Å²) in [5, 5.41) is 18.6. The number of benzene rings is 1. The summed E-state index contributed by atoms with van der Waals surface area (Å²) in [7, 11) is 0. The van der Waals surface area contributed by atoms with E-state index < -0.39 is 0 Å². The third-order valence-corrected chi connectivity index (χ3v) is 3.52. The van der Waals surface area contributed by atoms with Gasteiger partial charge in [-0.05, 0) is 18.9 Å². The molecule has 18 heavy (non-hydrogen) atoms. The van der Waals surface area contributed by atoms with Crippen molar-refractivity contribution in [3.05, 3.63) is 42.0 Å². The van der Waals surface area contributed by atoms with Crippen molar-refractivity contribution in [2.45, 2.75) is 19.4 Å². The molecule has 3 nitrogen and oxygen atoms in total. The van der Waals surface area contributed by atoms with Crippen molar-refractivity contribution in [3.63, 3.8) is 0 Å². The first-order valence-electron chi connectivity index (χ1n) is 6.30. The highest BCUT2D eigenvalue weighted by molar-refractivity contribution is 5.66. The van der Waals surface area contributed by atoms with E-state index in [1.807, 2.05) is 37.3 Å². The van der Waals surface area contributed by atoms with Crippen LogP contribution in [0, 0.1) is 17.2 Å². The summed E-state index contributed by atoms with van der Waals surface area (Å²) >= 11 is 0. The zero-order valence-electron chi connectivity index (χ0n) is 10.6. The summed E-state index contributed by atoms with van der Waals surface area (Å²) in [6.45, 7) is 3.56. The number of nitrogens with zero attached hydrogens (tertiary/aromatic N) is 2. The van der Waals surface area contributed by atoms with Gasteiger partial charge < -0.3 is 10.0 Å². The van der Waals surface area contributed by atoms with Gasteiger partial charge in [-0.15, -0.1) is 0 Å². The van der Waals surface area contributed by atoms with Crippen molar-refractivity contribution in [1.82, 2.24) is 4.90 Å². The molecule has 0 radical (unpaired) electrons. The molecule has 1 aromatic rings. The Hall–Kier alpha value is -1.79. The Balaban J connectivity index is 2.19. The van der Waals surface area contributed by atoms with E-state index in [1.54, 1.807) is 6.08 Å². The van der Waals surface area contributed by atoms with Gasteiger partial charge in [0.2, 0.25) is 0 Å². The second-order valence-corrected chi connectivity index (χ2v) is 4.76. The van der Waals surface area contributed by atoms with Crippen LogP contribution in [0.15, 0.2) is 36.4 Å². The Kier molecular flexibility index (Phi) is 4.01. The Morgan fingerprint density at radius 1 is 1.50 bits per heavy atom. The first-order valence-corrected chi connectivity index (χ1v) is 6.30. The number of rotatable bonds is 3. The minimum absolute atomic E-state index is 0.283. The number of allylic oxidation sites excluding steroid dienone is 1. The molecule has 1 saturated heterocycles. The van der Waals surface area contributed by atoms with Crippen LogP contribution in [0.25, 0.3) is 5.70 Å². The van der Waals surface area contributed by atoms with Gasteiger partial charge >= 0.3 is 0 Å². The average molecular weight is 242 g/mol. The van der Waals surface area contributed by atoms with E-state index in [0.717, 1.165) is 30.8 Å². The number of aliphatic hydroxyl groups excluding tert-OH is 1. The summed E-state index contributed by atoms with van der Waals surface area (Å²) in [5.41, 5.74) is 2.02. The fourth-order valence-corrected chi connectivity index (χ4v) is 2.43. The lowest BCUT2D eigenvalue weighted by Crippen LogP contribution is -2.23. The standard InChI is InChI=1S/C15H18N2O/c1-12(18)14-8-10-17(11-14)15(7-9-16)13-5-3-2-4-6-13/h2-7,12,14,18H,8,10-11H2,1H3/b15-7+. The highest BCUT2D eigenvalue weighted by Crippen LogP contribution is 2.28. The molecule has 0 spiro atoms. The van der Waals surface area contributed by atoms with Gasteiger partial charge in [-0.25, -0.2) is 0 Å². The van der Waals surface area contributed by atoms with E-state index in [2.05, 4.69) is 11.0 Å². The predicted molar refractivity (Wildman–Crippen MR) is 71.4 cm³/mol. The molecule has 2 rings (SSSR count). The molecule has 94 valence electrons. The smallest absolute Gasteiger partial charge is 0.0934 e. The fourth-order valence-electron chi connectivity index (χ4n) is 2.43. The van der Waals surface area contributed by atoms with Crippen molar-refractivity contribution in [2.75, 3.05) is 13.1 Å². The van der Waals surface area contributed by atoms with E-state index in [4.69, 9.17) is 5.26 Å². The molecular formula is C15H18N2O. The molecule has 1 heterocycles. The monoisotopic (exact) mass is 242 g/mol. The summed E-state index contributed by atoms with van der Waals surface area (Å²) in [6, 6.07) is 12.1. The van der Waals surface area contributed by atoms with Crippen LogP contribution in [-0.4, -0.2) is 29.2 Å². The molecule has 1 aliphatic rings. The maximum Gasteiger partial charge on any atom is 0.0934 e. The molecule has 0 bridgehead atoms. The Labute approximate surface area is 108 Å². The van der Waals surface area contributed by atoms with E-state index in [1.165, 1.54) is 0 Å². The van der Waals surface area contributed by atoms with Crippen molar-refractivity contribution >= 4 is 5.70 Å². The highest BCUT2D eigenvalue weighted by Gasteiger charge is 2.27. The summed E-state index contributed by atoms with van der Waals surface area (Å²) < 4.78 is 0. The predicted octanol–water partition coefficient (Wildman–Crippen LogP) is 2.25. The quantitative estimate of drug-likeness (QED) is 0.827. The minimum Gasteiger partial charge on any atom is -0.393 e. The SMILES string of the molecule is CC(O)C1CCN(/C(=C/C#N)c2ccccc2)C1. The Morgan fingerprint density at radius 3 is 2.78 bits per heavy atom. The van der Waals surface area contributed by atoms with Crippen LogP contribution in [0.3, 0.4) is 0 Å². The normalized spacial score (nSPS) is 21.7. The van der Waals surface area contributed by atoms with Gasteiger partial charge in [0.1, 0.15) is 0 Å². The first kappa shape index (κ1) is 12.7. The maximum absolute atomic E-state index is 9.64. The molecule has 0 aliphatic carbocycles. The van der Waals surface area contributed by atoms with Gasteiger partial charge in [-0.3, -0.25) is 0 Å². The molecule has 1 aromatic carbocycles. The minimum atomic E-state index is -0.283. The maximum atomic E-state index is 9.64. The lowest BCUT2D eigenvalue weighted by atomic mass is 10.0. The van der Waals surface area contributed by atoms with Gasteiger partial charge in [0.25, 0.3) is 0 Å². The van der Waals surface area contributed by atoms with Crippen molar-refractivity contribution in [3.8, 4) is 6.07 Å². The number of hydrogen-bond acceptors (Lipinski definition) is 3. The van der Waals surface area contributed by atoms with Gasteiger partial charge in [0.05, 0.1) is 17.9 Å². The molecule has 1 fully saturated rings. The second kappa shape index (κ2) is 5.70. The number of aliphatic hydroxyl groups is 1. The van der Waals surface area contributed by atoms with Crippen LogP contribution in [0.2, 0.25) is 0 Å². The highest BCUT2D eigenvalue weighted by atomic mass is 16.3. The molecule has 2 unspecified atom stereocenters. The molecule has 3 heteroatoms. The number of hydrogen-bond donors (Lipinski definition) is 1. The largest absolute Gasteiger partial charge is 0.393 e. The summed E-state index contributed by atoms with van der Waals surface area (Å²) in [4.78, 5) is 2.19. The third-order valence-electron chi connectivity index (χ3n) is 3.52. The Morgan fingerprint density at radius 2 is 2.22 bits per heavy atom. The van der Waals surface area contributed by atoms with E-state index in [0.29, 0.717) is 5.92 Å². The molecule has 0 aromatic heterocycles. The van der Waals surface area contributed by atoms with Gasteiger partial charge in [-0.2, -0.15) is 5.26 Å². The van der Waals surface area contributed by atoms with E-state index in [9.17, 15) is 5.11 Å². The lowest BCUT2D eigenvalue weighted by molar-refractivity contribution is 0.132. The van der Waals surface area contributed by atoms with Crippen LogP contribution >= 0.6 is 0 Å². The summed E-state index contributed by atoms with van der Waals surface area (Å²) in [6.07, 6.45) is 2.29. The molecule has 2 atom stereocenters. The van der Waals surface area contributed by atoms with Gasteiger partial charge in [0, 0.05) is 25.1 Å². The summed E-state index contributed by atoms with van der Waals surface area (Å²) in [5.74, 6) is 0.302. The van der Waals surface area contributed by atoms with E-state index >= 15 is 0 Å². The van der Waals surface area contributed by atoms with Crippen molar-refractivity contribution < 1.29 is 5.11 Å². The average Bonchev–Trinajstić information content (AvgIpc) is 2.86. The zero-order chi connectivity index (χ0) is 13.0. The topological polar surface area (TPSA) is 47.3 Å². The Bertz CT molecular complexity index is 459. The van der Waals surface area contributed by atoms with Crippen LogP contribution in [-0.2, 0) is 0 Å². The first-order chi connectivity index (χ1) is 8.72. The third kappa shape index (κ3) is 2.72.